The molecule has 19 heavy (non-hydrogen) atoms. The van der Waals surface area contributed by atoms with Crippen molar-refractivity contribution < 1.29 is 4.39 Å². The fraction of sp³-hybridized carbons (Fsp3) is 0.600. The number of hydrogen-bond donors (Lipinski definition) is 1. The van der Waals surface area contributed by atoms with E-state index in [1.54, 1.807) is 18.2 Å². The van der Waals surface area contributed by atoms with Gasteiger partial charge in [0.2, 0.25) is 0 Å². The van der Waals surface area contributed by atoms with Crippen LogP contribution in [0.15, 0.2) is 18.2 Å². The molecule has 0 aromatic heterocycles. The number of rotatable bonds is 6. The molecule has 2 N–H and O–H groups in total. The minimum Gasteiger partial charge on any atom is -0.329 e. The number of nitrogens with zero attached hydrogens (tertiary/aromatic N) is 1. The zero-order valence-electron chi connectivity index (χ0n) is 12.2. The van der Waals surface area contributed by atoms with Crippen molar-refractivity contribution >= 4 is 11.6 Å². The Morgan fingerprint density at radius 1 is 1.26 bits per heavy atom. The highest BCUT2D eigenvalue weighted by molar-refractivity contribution is 6.30. The second kappa shape index (κ2) is 7.22. The molecular weight excluding hydrogens is 263 g/mol. The fourth-order valence-electron chi connectivity index (χ4n) is 2.34. The Labute approximate surface area is 120 Å². The summed E-state index contributed by atoms with van der Waals surface area (Å²) < 4.78 is 14.2. The molecular formula is C15H24ClFN2. The SMILES string of the molecule is CC(C)CN(C(C)C)C(CN)c1cccc(Cl)c1F. The first kappa shape index (κ1) is 16.4. The largest absolute Gasteiger partial charge is 0.329 e. The third-order valence-corrected chi connectivity index (χ3v) is 3.50. The Kier molecular flexibility index (Phi) is 6.24. The van der Waals surface area contributed by atoms with Gasteiger partial charge in [0, 0.05) is 24.7 Å². The fourth-order valence-corrected chi connectivity index (χ4v) is 2.52. The third kappa shape index (κ3) is 4.16. The van der Waals surface area contributed by atoms with Gasteiger partial charge in [-0.15, -0.1) is 0 Å². The van der Waals surface area contributed by atoms with Crippen molar-refractivity contribution in [2.75, 3.05) is 13.1 Å². The Hall–Kier alpha value is -0.640. The highest BCUT2D eigenvalue weighted by atomic mass is 35.5. The van der Waals surface area contributed by atoms with E-state index in [1.807, 2.05) is 0 Å². The summed E-state index contributed by atoms with van der Waals surface area (Å²) in [4.78, 5) is 2.24. The molecule has 1 unspecified atom stereocenters. The van der Waals surface area contributed by atoms with Gasteiger partial charge >= 0.3 is 0 Å². The Bertz CT molecular complexity index is 407. The molecule has 108 valence electrons. The molecule has 0 saturated carbocycles. The summed E-state index contributed by atoms with van der Waals surface area (Å²) in [5, 5.41) is 0.157. The van der Waals surface area contributed by atoms with Gasteiger partial charge in [0.1, 0.15) is 5.82 Å². The molecule has 2 nitrogen and oxygen atoms in total. The lowest BCUT2D eigenvalue weighted by Gasteiger charge is -2.36. The maximum atomic E-state index is 14.2. The monoisotopic (exact) mass is 286 g/mol. The Morgan fingerprint density at radius 2 is 1.89 bits per heavy atom. The van der Waals surface area contributed by atoms with Gasteiger partial charge in [-0.2, -0.15) is 0 Å². The molecule has 0 aliphatic carbocycles. The standard InChI is InChI=1S/C15H24ClFN2/c1-10(2)9-19(11(3)4)14(8-18)12-6-5-7-13(16)15(12)17/h5-7,10-11,14H,8-9,18H2,1-4H3. The first-order chi connectivity index (χ1) is 8.88. The summed E-state index contributed by atoms with van der Waals surface area (Å²) in [6.45, 7) is 9.77. The van der Waals surface area contributed by atoms with Crippen molar-refractivity contribution in [1.29, 1.82) is 0 Å². The number of benzene rings is 1. The van der Waals surface area contributed by atoms with Crippen LogP contribution in [0.1, 0.15) is 39.3 Å². The summed E-state index contributed by atoms with van der Waals surface area (Å²) in [6.07, 6.45) is 0. The van der Waals surface area contributed by atoms with E-state index in [2.05, 4.69) is 32.6 Å². The van der Waals surface area contributed by atoms with E-state index in [1.165, 1.54) is 0 Å². The first-order valence-corrected chi connectivity index (χ1v) is 7.16. The van der Waals surface area contributed by atoms with Crippen molar-refractivity contribution in [3.05, 3.63) is 34.6 Å². The second-order valence-electron chi connectivity index (χ2n) is 5.58. The van der Waals surface area contributed by atoms with Crippen molar-refractivity contribution in [2.45, 2.75) is 39.8 Å². The predicted molar refractivity (Wildman–Crippen MR) is 79.9 cm³/mol. The Morgan fingerprint density at radius 3 is 2.37 bits per heavy atom. The summed E-state index contributed by atoms with van der Waals surface area (Å²) in [5.41, 5.74) is 6.47. The number of hydrogen-bond acceptors (Lipinski definition) is 2. The molecule has 1 aromatic carbocycles. The van der Waals surface area contributed by atoms with E-state index >= 15 is 0 Å². The Balaban J connectivity index is 3.12. The average molecular weight is 287 g/mol. The molecule has 4 heteroatoms. The van der Waals surface area contributed by atoms with Gasteiger partial charge in [-0.3, -0.25) is 4.90 Å². The van der Waals surface area contributed by atoms with Crippen LogP contribution in [0.5, 0.6) is 0 Å². The molecule has 1 atom stereocenters. The molecule has 0 heterocycles. The van der Waals surface area contributed by atoms with Gasteiger partial charge in [-0.25, -0.2) is 4.39 Å². The maximum absolute atomic E-state index is 14.2. The van der Waals surface area contributed by atoms with Gasteiger partial charge < -0.3 is 5.73 Å². The second-order valence-corrected chi connectivity index (χ2v) is 5.99. The smallest absolute Gasteiger partial charge is 0.146 e. The number of halogens is 2. The molecule has 0 aliphatic heterocycles. The molecule has 0 bridgehead atoms. The lowest BCUT2D eigenvalue weighted by atomic mass is 10.0. The molecule has 0 amide bonds. The quantitative estimate of drug-likeness (QED) is 0.861. The van der Waals surface area contributed by atoms with Crippen molar-refractivity contribution in [1.82, 2.24) is 4.90 Å². The minimum absolute atomic E-state index is 0.138. The molecule has 1 rings (SSSR count). The molecule has 1 aromatic rings. The van der Waals surface area contributed by atoms with E-state index in [9.17, 15) is 4.39 Å². The van der Waals surface area contributed by atoms with Crippen LogP contribution in [0.4, 0.5) is 4.39 Å². The van der Waals surface area contributed by atoms with Crippen LogP contribution >= 0.6 is 11.6 Å². The molecule has 0 spiro atoms. The van der Waals surface area contributed by atoms with Crippen molar-refractivity contribution in [2.24, 2.45) is 11.7 Å². The van der Waals surface area contributed by atoms with Crippen molar-refractivity contribution in [3.63, 3.8) is 0 Å². The van der Waals surface area contributed by atoms with Gasteiger partial charge in [0.15, 0.2) is 0 Å². The summed E-state index contributed by atoms with van der Waals surface area (Å²) >= 11 is 5.87. The highest BCUT2D eigenvalue weighted by Gasteiger charge is 2.25. The van der Waals surface area contributed by atoms with Gasteiger partial charge in [-0.1, -0.05) is 37.6 Å². The van der Waals surface area contributed by atoms with Crippen LogP contribution in [0, 0.1) is 11.7 Å². The lowest BCUT2D eigenvalue weighted by Crippen LogP contribution is -2.41. The van der Waals surface area contributed by atoms with E-state index in [0.29, 0.717) is 24.1 Å². The summed E-state index contributed by atoms with van der Waals surface area (Å²) in [6, 6.07) is 5.28. The third-order valence-electron chi connectivity index (χ3n) is 3.20. The first-order valence-electron chi connectivity index (χ1n) is 6.78. The minimum atomic E-state index is -0.353. The zero-order chi connectivity index (χ0) is 14.6. The predicted octanol–water partition coefficient (Wildman–Crippen LogP) is 3.85. The van der Waals surface area contributed by atoms with Crippen molar-refractivity contribution in [3.8, 4) is 0 Å². The van der Waals surface area contributed by atoms with Gasteiger partial charge in [-0.05, 0) is 25.8 Å². The van der Waals surface area contributed by atoms with E-state index in [-0.39, 0.29) is 16.9 Å². The van der Waals surface area contributed by atoms with E-state index < -0.39 is 0 Å². The van der Waals surface area contributed by atoms with Crippen LogP contribution < -0.4 is 5.73 Å². The van der Waals surface area contributed by atoms with E-state index in [0.717, 1.165) is 6.54 Å². The van der Waals surface area contributed by atoms with Crippen LogP contribution in [-0.2, 0) is 0 Å². The van der Waals surface area contributed by atoms with Gasteiger partial charge in [0.25, 0.3) is 0 Å². The zero-order valence-corrected chi connectivity index (χ0v) is 12.9. The number of nitrogens with two attached hydrogens (primary N) is 1. The normalized spacial score (nSPS) is 13.6. The van der Waals surface area contributed by atoms with Crippen LogP contribution in [-0.4, -0.2) is 24.0 Å². The van der Waals surface area contributed by atoms with Crippen LogP contribution in [0.25, 0.3) is 0 Å². The summed E-state index contributed by atoms with van der Waals surface area (Å²) in [7, 11) is 0. The van der Waals surface area contributed by atoms with Crippen LogP contribution in [0.2, 0.25) is 5.02 Å². The lowest BCUT2D eigenvalue weighted by molar-refractivity contribution is 0.136. The van der Waals surface area contributed by atoms with Crippen LogP contribution in [0.3, 0.4) is 0 Å². The molecule has 0 radical (unpaired) electrons. The highest BCUT2D eigenvalue weighted by Crippen LogP contribution is 2.28. The van der Waals surface area contributed by atoms with E-state index in [4.69, 9.17) is 17.3 Å². The van der Waals surface area contributed by atoms with Gasteiger partial charge in [0.05, 0.1) is 11.1 Å². The average Bonchev–Trinajstić information content (AvgIpc) is 2.33. The maximum Gasteiger partial charge on any atom is 0.146 e. The molecule has 0 fully saturated rings. The topological polar surface area (TPSA) is 29.3 Å². The molecule has 0 aliphatic rings. The summed E-state index contributed by atoms with van der Waals surface area (Å²) in [5.74, 6) is 0.146. The molecule has 0 saturated heterocycles.